The van der Waals surface area contributed by atoms with E-state index in [4.69, 9.17) is 5.84 Å². The molecular weight excluding hydrogens is 142 g/mol. The Morgan fingerprint density at radius 2 is 2.09 bits per heavy atom. The van der Waals surface area contributed by atoms with E-state index in [1.54, 1.807) is 0 Å². The average molecular weight is 158 g/mol. The predicted octanol–water partition coefficient (Wildman–Crippen LogP) is 0.554. The van der Waals surface area contributed by atoms with Crippen LogP contribution in [0.3, 0.4) is 0 Å². The number of carbonyl (C=O) groups excluding carboxylic acids is 1. The maximum atomic E-state index is 10.5. The van der Waals surface area contributed by atoms with E-state index in [-0.39, 0.29) is 6.03 Å². The Morgan fingerprint density at radius 3 is 2.64 bits per heavy atom. The molecule has 2 amide bonds. The van der Waals surface area contributed by atoms with Gasteiger partial charge in [0.05, 0.1) is 0 Å². The van der Waals surface area contributed by atoms with Crippen LogP contribution in [0.25, 0.3) is 0 Å². The van der Waals surface area contributed by atoms with E-state index in [9.17, 15) is 4.79 Å². The highest BCUT2D eigenvalue weighted by Crippen LogP contribution is 1.96. The van der Waals surface area contributed by atoms with Gasteiger partial charge in [0.25, 0.3) is 0 Å². The monoisotopic (exact) mass is 158 g/mol. The first-order valence-corrected chi connectivity index (χ1v) is 3.85. The molecule has 0 aliphatic carbocycles. The molecule has 4 nitrogen and oxygen atoms in total. The van der Waals surface area contributed by atoms with Gasteiger partial charge in [0.1, 0.15) is 0 Å². The number of nitrogens with one attached hydrogen (secondary N) is 2. The molecule has 4 N–H and O–H groups in total. The van der Waals surface area contributed by atoms with Crippen LogP contribution < -0.4 is 16.6 Å². The lowest BCUT2D eigenvalue weighted by Crippen LogP contribution is -2.40. The molecule has 0 heterocycles. The summed E-state index contributed by atoms with van der Waals surface area (Å²) in [6.07, 6.45) is 4.17. The number of nitrogens with two attached hydrogens (primary N) is 1. The van der Waals surface area contributed by atoms with E-state index in [2.05, 4.69) is 12.2 Å². The van der Waals surface area contributed by atoms with Gasteiger partial charge < -0.3 is 5.32 Å². The van der Waals surface area contributed by atoms with Gasteiger partial charge in [-0.15, -0.1) is 0 Å². The van der Waals surface area contributed by atoms with Crippen molar-refractivity contribution < 1.29 is 4.79 Å². The van der Waals surface area contributed by atoms with Crippen LogP contribution in [0.2, 0.25) is 0 Å². The fraction of sp³-hybridized carbons (Fsp3) is 0.714. The molecule has 0 aromatic carbocycles. The second kappa shape index (κ2) is 7.34. The minimum Gasteiger partial charge on any atom is -0.337 e. The minimum absolute atomic E-state index is 0.320. The van der Waals surface area contributed by atoms with E-state index in [0.717, 1.165) is 25.7 Å². The van der Waals surface area contributed by atoms with Gasteiger partial charge in [-0.3, -0.25) is 5.43 Å². The highest BCUT2D eigenvalue weighted by Gasteiger charge is 1.93. The van der Waals surface area contributed by atoms with Crippen LogP contribution in [-0.2, 0) is 0 Å². The average Bonchev–Trinajstić information content (AvgIpc) is 2.04. The maximum Gasteiger partial charge on any atom is 0.328 e. The SMILES string of the molecule is [CH2]CCCCCNC(=O)NN. The molecule has 0 saturated heterocycles. The Labute approximate surface area is 67.5 Å². The lowest BCUT2D eigenvalue weighted by Gasteiger charge is -2.02. The van der Waals surface area contributed by atoms with Crippen LogP contribution in [0.5, 0.6) is 0 Å². The number of hydrogen-bond donors (Lipinski definition) is 3. The van der Waals surface area contributed by atoms with Gasteiger partial charge >= 0.3 is 6.03 Å². The first-order valence-electron chi connectivity index (χ1n) is 3.85. The number of rotatable bonds is 5. The van der Waals surface area contributed by atoms with Gasteiger partial charge in [0.2, 0.25) is 0 Å². The van der Waals surface area contributed by atoms with Gasteiger partial charge in [0, 0.05) is 6.54 Å². The summed E-state index contributed by atoms with van der Waals surface area (Å²) >= 11 is 0. The third-order valence-corrected chi connectivity index (χ3v) is 1.34. The summed E-state index contributed by atoms with van der Waals surface area (Å²) in [6, 6.07) is -0.320. The summed E-state index contributed by atoms with van der Waals surface area (Å²) in [5, 5.41) is 2.60. The zero-order valence-electron chi connectivity index (χ0n) is 6.73. The smallest absolute Gasteiger partial charge is 0.328 e. The van der Waals surface area contributed by atoms with Crippen molar-refractivity contribution in [3.63, 3.8) is 0 Å². The third-order valence-electron chi connectivity index (χ3n) is 1.34. The van der Waals surface area contributed by atoms with E-state index in [0.29, 0.717) is 6.54 Å². The molecule has 0 unspecified atom stereocenters. The van der Waals surface area contributed by atoms with Crippen LogP contribution in [0, 0.1) is 6.92 Å². The molecule has 0 fully saturated rings. The van der Waals surface area contributed by atoms with Crippen LogP contribution in [0.4, 0.5) is 4.79 Å². The van der Waals surface area contributed by atoms with Crippen LogP contribution in [0.15, 0.2) is 0 Å². The van der Waals surface area contributed by atoms with Gasteiger partial charge in [-0.1, -0.05) is 26.2 Å². The highest BCUT2D eigenvalue weighted by molar-refractivity contribution is 5.72. The van der Waals surface area contributed by atoms with Crippen molar-refractivity contribution >= 4 is 6.03 Å². The van der Waals surface area contributed by atoms with Crippen LogP contribution in [0.1, 0.15) is 25.7 Å². The van der Waals surface area contributed by atoms with Gasteiger partial charge in [-0.25, -0.2) is 10.6 Å². The van der Waals surface area contributed by atoms with Crippen molar-refractivity contribution in [1.29, 1.82) is 0 Å². The van der Waals surface area contributed by atoms with Gasteiger partial charge in [0.15, 0.2) is 0 Å². The fourth-order valence-corrected chi connectivity index (χ4v) is 0.732. The van der Waals surface area contributed by atoms with E-state index in [1.807, 2.05) is 5.43 Å². The summed E-state index contributed by atoms with van der Waals surface area (Å²) in [5.74, 6) is 4.84. The molecule has 0 saturated carbocycles. The number of urea groups is 1. The molecular formula is C7H16N3O. The molecule has 0 aromatic heterocycles. The normalized spacial score (nSPS) is 9.27. The van der Waals surface area contributed by atoms with Crippen molar-refractivity contribution in [2.75, 3.05) is 6.54 Å². The number of hydrogen-bond acceptors (Lipinski definition) is 2. The summed E-state index contributed by atoms with van der Waals surface area (Å²) < 4.78 is 0. The Balaban J connectivity index is 2.95. The Hall–Kier alpha value is -0.770. The van der Waals surface area contributed by atoms with Crippen molar-refractivity contribution in [3.05, 3.63) is 6.92 Å². The van der Waals surface area contributed by atoms with Gasteiger partial charge in [-0.05, 0) is 6.42 Å². The maximum absolute atomic E-state index is 10.5. The number of amides is 2. The fourth-order valence-electron chi connectivity index (χ4n) is 0.732. The molecule has 65 valence electrons. The Morgan fingerprint density at radius 1 is 1.36 bits per heavy atom. The Kier molecular flexibility index (Phi) is 6.82. The minimum atomic E-state index is -0.320. The predicted molar refractivity (Wildman–Crippen MR) is 44.5 cm³/mol. The highest BCUT2D eigenvalue weighted by atomic mass is 16.2. The zero-order chi connectivity index (χ0) is 8.53. The van der Waals surface area contributed by atoms with Crippen molar-refractivity contribution in [1.82, 2.24) is 10.7 Å². The lowest BCUT2D eigenvalue weighted by molar-refractivity contribution is 0.241. The second-order valence-electron chi connectivity index (χ2n) is 2.31. The van der Waals surface area contributed by atoms with E-state index in [1.165, 1.54) is 0 Å². The van der Waals surface area contributed by atoms with Crippen molar-refractivity contribution in [3.8, 4) is 0 Å². The summed E-state index contributed by atoms with van der Waals surface area (Å²) in [7, 11) is 0. The quantitative estimate of drug-likeness (QED) is 0.237. The number of carbonyl (C=O) groups is 1. The molecule has 0 aliphatic heterocycles. The molecule has 0 atom stereocenters. The van der Waals surface area contributed by atoms with E-state index >= 15 is 0 Å². The third kappa shape index (κ3) is 7.12. The second-order valence-corrected chi connectivity index (χ2v) is 2.31. The Bertz CT molecular complexity index is 106. The molecule has 0 aromatic rings. The largest absolute Gasteiger partial charge is 0.337 e. The van der Waals surface area contributed by atoms with Crippen molar-refractivity contribution in [2.45, 2.75) is 25.7 Å². The molecule has 0 spiro atoms. The lowest BCUT2D eigenvalue weighted by atomic mass is 10.2. The summed E-state index contributed by atoms with van der Waals surface area (Å²) in [4.78, 5) is 10.5. The first kappa shape index (κ1) is 10.2. The standard InChI is InChI=1S/C7H16N3O/c1-2-3-4-5-6-9-7(11)10-8/h1-6,8H2,(H2,9,10,11). The molecule has 11 heavy (non-hydrogen) atoms. The first-order chi connectivity index (χ1) is 5.31. The van der Waals surface area contributed by atoms with E-state index < -0.39 is 0 Å². The number of hydrazine groups is 1. The molecule has 4 heteroatoms. The topological polar surface area (TPSA) is 67.2 Å². The molecule has 0 rings (SSSR count). The molecule has 0 aliphatic rings. The zero-order valence-corrected chi connectivity index (χ0v) is 6.73. The van der Waals surface area contributed by atoms with Crippen molar-refractivity contribution in [2.24, 2.45) is 5.84 Å². The summed E-state index contributed by atoms with van der Waals surface area (Å²) in [5.41, 5.74) is 1.99. The van der Waals surface area contributed by atoms with Crippen LogP contribution in [-0.4, -0.2) is 12.6 Å². The van der Waals surface area contributed by atoms with Gasteiger partial charge in [-0.2, -0.15) is 0 Å². The summed E-state index contributed by atoms with van der Waals surface area (Å²) in [6.45, 7) is 4.40. The van der Waals surface area contributed by atoms with Crippen LogP contribution >= 0.6 is 0 Å². The number of unbranched alkanes of at least 4 members (excludes halogenated alkanes) is 3. The molecule has 0 bridgehead atoms. The molecule has 1 radical (unpaired) electrons.